The van der Waals surface area contributed by atoms with Crippen molar-refractivity contribution in [3.05, 3.63) is 34.6 Å². The first-order chi connectivity index (χ1) is 9.10. The molecule has 0 unspecified atom stereocenters. The summed E-state index contributed by atoms with van der Waals surface area (Å²) in [5, 5.41) is 0.485. The molecule has 19 heavy (non-hydrogen) atoms. The van der Waals surface area contributed by atoms with E-state index >= 15 is 0 Å². The van der Waals surface area contributed by atoms with E-state index in [1.165, 1.54) is 18.6 Å². The van der Waals surface area contributed by atoms with Crippen molar-refractivity contribution in [2.45, 2.75) is 45.4 Å². The Kier molecular flexibility index (Phi) is 4.98. The molecule has 0 aromatic heterocycles. The minimum Gasteiger partial charge on any atom is -0.299 e. The molecule has 0 heterocycles. The van der Waals surface area contributed by atoms with Crippen LogP contribution in [-0.4, -0.2) is 5.78 Å². The standard InChI is InChI=1S/C16H20ClFO/c1-2-11-3-5-12(6-4-11)16(19)10-13-9-14(17)7-8-15(13)18/h7-9,11-12H,2-6,10H2,1H3. The molecule has 0 bridgehead atoms. The lowest BCUT2D eigenvalue weighted by atomic mass is 9.78. The summed E-state index contributed by atoms with van der Waals surface area (Å²) in [6.45, 7) is 2.20. The molecule has 0 amide bonds. The van der Waals surface area contributed by atoms with E-state index in [9.17, 15) is 9.18 Å². The zero-order valence-corrected chi connectivity index (χ0v) is 12.0. The SMILES string of the molecule is CCC1CCC(C(=O)Cc2cc(Cl)ccc2F)CC1. The number of benzene rings is 1. The average molecular weight is 283 g/mol. The Balaban J connectivity index is 1.96. The number of halogens is 2. The van der Waals surface area contributed by atoms with Crippen molar-refractivity contribution in [3.8, 4) is 0 Å². The highest BCUT2D eigenvalue weighted by molar-refractivity contribution is 6.30. The minimum atomic E-state index is -0.333. The lowest BCUT2D eigenvalue weighted by molar-refractivity contribution is -0.123. The molecule has 3 heteroatoms. The van der Waals surface area contributed by atoms with Gasteiger partial charge in [-0.3, -0.25) is 4.79 Å². The second-order valence-electron chi connectivity index (χ2n) is 5.50. The Morgan fingerprint density at radius 1 is 1.32 bits per heavy atom. The Labute approximate surface area is 119 Å². The van der Waals surface area contributed by atoms with Crippen LogP contribution in [-0.2, 0) is 11.2 Å². The first kappa shape index (κ1) is 14.5. The van der Waals surface area contributed by atoms with Crippen molar-refractivity contribution in [1.82, 2.24) is 0 Å². The zero-order valence-electron chi connectivity index (χ0n) is 11.3. The maximum Gasteiger partial charge on any atom is 0.140 e. The number of hydrogen-bond donors (Lipinski definition) is 0. The van der Waals surface area contributed by atoms with Gasteiger partial charge in [-0.15, -0.1) is 0 Å². The van der Waals surface area contributed by atoms with Gasteiger partial charge in [0.15, 0.2) is 0 Å². The predicted molar refractivity (Wildman–Crippen MR) is 75.9 cm³/mol. The van der Waals surface area contributed by atoms with Crippen LogP contribution in [0.3, 0.4) is 0 Å². The van der Waals surface area contributed by atoms with Crippen LogP contribution in [0, 0.1) is 17.7 Å². The van der Waals surface area contributed by atoms with Crippen LogP contribution in [0.1, 0.15) is 44.6 Å². The van der Waals surface area contributed by atoms with Crippen molar-refractivity contribution in [2.75, 3.05) is 0 Å². The van der Waals surface area contributed by atoms with E-state index in [1.54, 1.807) is 6.07 Å². The van der Waals surface area contributed by atoms with Crippen molar-refractivity contribution >= 4 is 17.4 Å². The Hall–Kier alpha value is -0.890. The summed E-state index contributed by atoms with van der Waals surface area (Å²) in [4.78, 5) is 12.2. The maximum atomic E-state index is 13.6. The fourth-order valence-electron chi connectivity index (χ4n) is 2.90. The van der Waals surface area contributed by atoms with Gasteiger partial charge in [0.2, 0.25) is 0 Å². The smallest absolute Gasteiger partial charge is 0.140 e. The number of ketones is 1. The van der Waals surface area contributed by atoms with E-state index < -0.39 is 0 Å². The van der Waals surface area contributed by atoms with E-state index in [2.05, 4.69) is 6.92 Å². The molecule has 0 aliphatic heterocycles. The molecule has 0 saturated heterocycles. The van der Waals surface area contributed by atoms with E-state index in [1.807, 2.05) is 0 Å². The summed E-state index contributed by atoms with van der Waals surface area (Å²) in [6, 6.07) is 4.41. The van der Waals surface area contributed by atoms with Gasteiger partial charge in [0.05, 0.1) is 0 Å². The predicted octanol–water partition coefficient (Wildman–Crippen LogP) is 4.81. The first-order valence-corrected chi connectivity index (χ1v) is 7.44. The lowest BCUT2D eigenvalue weighted by Crippen LogP contribution is -2.23. The van der Waals surface area contributed by atoms with Crippen molar-refractivity contribution in [2.24, 2.45) is 11.8 Å². The Bertz CT molecular complexity index is 450. The topological polar surface area (TPSA) is 17.1 Å². The van der Waals surface area contributed by atoms with Gasteiger partial charge in [-0.05, 0) is 55.4 Å². The molecule has 1 nitrogen and oxygen atoms in total. The summed E-state index contributed by atoms with van der Waals surface area (Å²) in [5.74, 6) is 0.712. The number of Topliss-reactive ketones (excluding diaryl/α,β-unsaturated/α-hetero) is 1. The van der Waals surface area contributed by atoms with Crippen LogP contribution >= 0.6 is 11.6 Å². The summed E-state index contributed by atoms with van der Waals surface area (Å²) in [7, 11) is 0. The molecule has 104 valence electrons. The molecule has 1 aliphatic rings. The fraction of sp³-hybridized carbons (Fsp3) is 0.562. The van der Waals surface area contributed by atoms with Crippen molar-refractivity contribution in [3.63, 3.8) is 0 Å². The summed E-state index contributed by atoms with van der Waals surface area (Å²) in [6.07, 6.45) is 5.55. The quantitative estimate of drug-likeness (QED) is 0.775. The van der Waals surface area contributed by atoms with Crippen LogP contribution in [0.25, 0.3) is 0 Å². The van der Waals surface area contributed by atoms with Crippen LogP contribution in [0.4, 0.5) is 4.39 Å². The second kappa shape index (κ2) is 6.51. The third-order valence-electron chi connectivity index (χ3n) is 4.25. The van der Waals surface area contributed by atoms with E-state index in [0.29, 0.717) is 10.6 Å². The number of carbonyl (C=O) groups excluding carboxylic acids is 1. The Morgan fingerprint density at radius 2 is 2.00 bits per heavy atom. The van der Waals surface area contributed by atoms with Gasteiger partial charge in [0, 0.05) is 17.4 Å². The molecular formula is C16H20ClFO. The molecular weight excluding hydrogens is 263 g/mol. The van der Waals surface area contributed by atoms with Gasteiger partial charge < -0.3 is 0 Å². The largest absolute Gasteiger partial charge is 0.299 e. The third-order valence-corrected chi connectivity index (χ3v) is 4.49. The molecule has 0 spiro atoms. The number of carbonyl (C=O) groups is 1. The van der Waals surface area contributed by atoms with Gasteiger partial charge in [0.25, 0.3) is 0 Å². The normalized spacial score (nSPS) is 23.3. The molecule has 1 aromatic carbocycles. The van der Waals surface area contributed by atoms with Crippen LogP contribution in [0.15, 0.2) is 18.2 Å². The molecule has 0 radical (unpaired) electrons. The molecule has 1 saturated carbocycles. The second-order valence-corrected chi connectivity index (χ2v) is 5.94. The number of rotatable bonds is 4. The highest BCUT2D eigenvalue weighted by Crippen LogP contribution is 2.32. The van der Waals surface area contributed by atoms with Crippen LogP contribution in [0.5, 0.6) is 0 Å². The molecule has 0 atom stereocenters. The molecule has 1 fully saturated rings. The van der Waals surface area contributed by atoms with Crippen LogP contribution in [0.2, 0.25) is 5.02 Å². The maximum absolute atomic E-state index is 13.6. The fourth-order valence-corrected chi connectivity index (χ4v) is 3.10. The van der Waals surface area contributed by atoms with Gasteiger partial charge in [0.1, 0.15) is 11.6 Å². The van der Waals surface area contributed by atoms with E-state index in [0.717, 1.165) is 31.6 Å². The van der Waals surface area contributed by atoms with Gasteiger partial charge >= 0.3 is 0 Å². The summed E-state index contributed by atoms with van der Waals surface area (Å²) in [5.41, 5.74) is 0.426. The van der Waals surface area contributed by atoms with Crippen molar-refractivity contribution in [1.29, 1.82) is 0 Å². The third kappa shape index (κ3) is 3.79. The average Bonchev–Trinajstić information content (AvgIpc) is 2.43. The van der Waals surface area contributed by atoms with E-state index in [-0.39, 0.29) is 23.9 Å². The first-order valence-electron chi connectivity index (χ1n) is 7.06. The monoisotopic (exact) mass is 282 g/mol. The number of hydrogen-bond acceptors (Lipinski definition) is 1. The van der Waals surface area contributed by atoms with Crippen molar-refractivity contribution < 1.29 is 9.18 Å². The Morgan fingerprint density at radius 3 is 2.63 bits per heavy atom. The molecule has 1 aromatic rings. The highest BCUT2D eigenvalue weighted by atomic mass is 35.5. The van der Waals surface area contributed by atoms with Gasteiger partial charge in [-0.25, -0.2) is 4.39 Å². The molecule has 1 aliphatic carbocycles. The van der Waals surface area contributed by atoms with Gasteiger partial charge in [-0.1, -0.05) is 24.9 Å². The highest BCUT2D eigenvalue weighted by Gasteiger charge is 2.25. The minimum absolute atomic E-state index is 0.112. The van der Waals surface area contributed by atoms with E-state index in [4.69, 9.17) is 11.6 Å². The summed E-state index contributed by atoms with van der Waals surface area (Å²) >= 11 is 5.85. The van der Waals surface area contributed by atoms with Gasteiger partial charge in [-0.2, -0.15) is 0 Å². The summed E-state index contributed by atoms with van der Waals surface area (Å²) < 4.78 is 13.6. The van der Waals surface area contributed by atoms with Crippen LogP contribution < -0.4 is 0 Å². The zero-order chi connectivity index (χ0) is 13.8. The molecule has 2 rings (SSSR count). The molecule has 0 N–H and O–H groups in total. The lowest BCUT2D eigenvalue weighted by Gasteiger charge is -2.26.